The lowest BCUT2D eigenvalue weighted by Crippen LogP contribution is -2.30. The number of amides is 1. The minimum atomic E-state index is -0.241. The lowest BCUT2D eigenvalue weighted by Gasteiger charge is -2.18. The molecule has 6 heteroatoms. The summed E-state index contributed by atoms with van der Waals surface area (Å²) in [5.74, 6) is 1.05. The van der Waals surface area contributed by atoms with Crippen LogP contribution < -0.4 is 19.7 Å². The van der Waals surface area contributed by atoms with Crippen LogP contribution in [-0.2, 0) is 11.4 Å². The molecule has 4 rings (SSSR count). The standard InChI is InChI=1S/C25H22N2O3S/c1-2-29-23-15-9-7-13-21(23)27-24(28)20(26-25(27)31)16-19-12-6-8-14-22(19)30-17-18-10-4-3-5-11-18/h3-16H,2,17H2,1H3,(H,26,31)/b20-16+. The van der Waals surface area contributed by atoms with Gasteiger partial charge in [-0.25, -0.2) is 4.90 Å². The molecule has 1 saturated heterocycles. The minimum Gasteiger partial charge on any atom is -0.492 e. The fraction of sp³-hybridized carbons (Fsp3) is 0.120. The molecule has 1 heterocycles. The van der Waals surface area contributed by atoms with Crippen LogP contribution in [-0.4, -0.2) is 17.6 Å². The van der Waals surface area contributed by atoms with Gasteiger partial charge in [-0.2, -0.15) is 0 Å². The van der Waals surface area contributed by atoms with E-state index in [0.29, 0.717) is 41.2 Å². The first-order valence-electron chi connectivity index (χ1n) is 10.0. The fourth-order valence-corrected chi connectivity index (χ4v) is 3.59. The molecule has 1 amide bonds. The molecule has 0 bridgehead atoms. The van der Waals surface area contributed by atoms with Crippen molar-refractivity contribution in [3.63, 3.8) is 0 Å². The van der Waals surface area contributed by atoms with Gasteiger partial charge < -0.3 is 14.8 Å². The highest BCUT2D eigenvalue weighted by atomic mass is 32.1. The lowest BCUT2D eigenvalue weighted by atomic mass is 10.1. The van der Waals surface area contributed by atoms with Crippen molar-refractivity contribution in [3.05, 3.63) is 95.7 Å². The molecule has 0 radical (unpaired) electrons. The molecule has 3 aromatic rings. The molecule has 0 unspecified atom stereocenters. The summed E-state index contributed by atoms with van der Waals surface area (Å²) in [6, 6.07) is 24.9. The number of hydrogen-bond donors (Lipinski definition) is 1. The summed E-state index contributed by atoms with van der Waals surface area (Å²) >= 11 is 5.45. The van der Waals surface area contributed by atoms with Crippen LogP contribution >= 0.6 is 12.2 Å². The largest absolute Gasteiger partial charge is 0.492 e. The second kappa shape index (κ2) is 9.45. The van der Waals surface area contributed by atoms with E-state index in [0.717, 1.165) is 11.1 Å². The van der Waals surface area contributed by atoms with Gasteiger partial charge in [-0.15, -0.1) is 0 Å². The molecule has 0 saturated carbocycles. The van der Waals surface area contributed by atoms with Gasteiger partial charge in [0.25, 0.3) is 5.91 Å². The Labute approximate surface area is 186 Å². The number of thiocarbonyl (C=S) groups is 1. The van der Waals surface area contributed by atoms with Gasteiger partial charge in [0.1, 0.15) is 23.8 Å². The molecule has 156 valence electrons. The summed E-state index contributed by atoms with van der Waals surface area (Å²) in [5.41, 5.74) is 2.85. The molecule has 0 aliphatic carbocycles. The zero-order chi connectivity index (χ0) is 21.6. The third kappa shape index (κ3) is 4.59. The summed E-state index contributed by atoms with van der Waals surface area (Å²) in [5, 5.41) is 3.34. The van der Waals surface area contributed by atoms with Gasteiger partial charge in [-0.3, -0.25) is 4.79 Å². The fourth-order valence-electron chi connectivity index (χ4n) is 3.30. The Morgan fingerprint density at radius 3 is 2.35 bits per heavy atom. The van der Waals surface area contributed by atoms with Crippen LogP contribution in [0, 0.1) is 0 Å². The first-order valence-corrected chi connectivity index (χ1v) is 10.4. The smallest absolute Gasteiger partial charge is 0.281 e. The average Bonchev–Trinajstić information content (AvgIpc) is 3.07. The third-order valence-electron chi connectivity index (χ3n) is 4.74. The predicted octanol–water partition coefficient (Wildman–Crippen LogP) is 4.93. The maximum Gasteiger partial charge on any atom is 0.281 e. The molecule has 1 aliphatic heterocycles. The number of ether oxygens (including phenoxy) is 2. The van der Waals surface area contributed by atoms with Crippen LogP contribution in [0.2, 0.25) is 0 Å². The van der Waals surface area contributed by atoms with Crippen LogP contribution in [0.25, 0.3) is 6.08 Å². The van der Waals surface area contributed by atoms with E-state index < -0.39 is 0 Å². The highest BCUT2D eigenvalue weighted by Crippen LogP contribution is 2.32. The first kappa shape index (κ1) is 20.6. The van der Waals surface area contributed by atoms with E-state index in [1.54, 1.807) is 6.08 Å². The molecule has 3 aromatic carbocycles. The molecule has 0 spiro atoms. The van der Waals surface area contributed by atoms with E-state index in [-0.39, 0.29) is 5.91 Å². The number of carbonyl (C=O) groups excluding carboxylic acids is 1. The quantitative estimate of drug-likeness (QED) is 0.426. The maximum absolute atomic E-state index is 13.2. The highest BCUT2D eigenvalue weighted by molar-refractivity contribution is 7.80. The van der Waals surface area contributed by atoms with Crippen molar-refractivity contribution in [1.29, 1.82) is 0 Å². The summed E-state index contributed by atoms with van der Waals surface area (Å²) < 4.78 is 11.7. The van der Waals surface area contributed by atoms with Crippen molar-refractivity contribution in [3.8, 4) is 11.5 Å². The Balaban J connectivity index is 1.59. The summed E-state index contributed by atoms with van der Waals surface area (Å²) in [4.78, 5) is 14.6. The molecule has 1 aliphatic rings. The SMILES string of the molecule is CCOc1ccccc1N1C(=O)/C(=C\c2ccccc2OCc2ccccc2)NC1=S. The molecule has 0 aromatic heterocycles. The van der Waals surface area contributed by atoms with Crippen molar-refractivity contribution in [2.75, 3.05) is 11.5 Å². The number of benzene rings is 3. The number of para-hydroxylation sites is 3. The van der Waals surface area contributed by atoms with Crippen LogP contribution in [0.1, 0.15) is 18.1 Å². The number of nitrogens with one attached hydrogen (secondary N) is 1. The van der Waals surface area contributed by atoms with Crippen molar-refractivity contribution in [2.24, 2.45) is 0 Å². The van der Waals surface area contributed by atoms with E-state index in [4.69, 9.17) is 21.7 Å². The van der Waals surface area contributed by atoms with Crippen molar-refractivity contribution < 1.29 is 14.3 Å². The number of anilines is 1. The van der Waals surface area contributed by atoms with Gasteiger partial charge in [-0.05, 0) is 49.0 Å². The molecule has 0 atom stereocenters. The Morgan fingerprint density at radius 1 is 0.903 bits per heavy atom. The topological polar surface area (TPSA) is 50.8 Å². The monoisotopic (exact) mass is 430 g/mol. The minimum absolute atomic E-state index is 0.241. The Bertz CT molecular complexity index is 1130. The van der Waals surface area contributed by atoms with Gasteiger partial charge in [0.15, 0.2) is 5.11 Å². The van der Waals surface area contributed by atoms with E-state index in [1.165, 1.54) is 4.90 Å². The van der Waals surface area contributed by atoms with Gasteiger partial charge in [0, 0.05) is 5.56 Å². The second-order valence-corrected chi connectivity index (χ2v) is 7.23. The van der Waals surface area contributed by atoms with Gasteiger partial charge >= 0.3 is 0 Å². The van der Waals surface area contributed by atoms with Crippen LogP contribution in [0.5, 0.6) is 11.5 Å². The van der Waals surface area contributed by atoms with E-state index >= 15 is 0 Å². The van der Waals surface area contributed by atoms with Crippen LogP contribution in [0.15, 0.2) is 84.6 Å². The van der Waals surface area contributed by atoms with Crippen molar-refractivity contribution >= 4 is 35.0 Å². The molecular weight excluding hydrogens is 408 g/mol. The molecule has 5 nitrogen and oxygen atoms in total. The van der Waals surface area contributed by atoms with Crippen molar-refractivity contribution in [2.45, 2.75) is 13.5 Å². The van der Waals surface area contributed by atoms with E-state index in [9.17, 15) is 4.79 Å². The average molecular weight is 431 g/mol. The number of rotatable bonds is 7. The predicted molar refractivity (Wildman–Crippen MR) is 126 cm³/mol. The number of carbonyl (C=O) groups is 1. The van der Waals surface area contributed by atoms with Gasteiger partial charge in [0.2, 0.25) is 0 Å². The number of nitrogens with zero attached hydrogens (tertiary/aromatic N) is 1. The lowest BCUT2D eigenvalue weighted by molar-refractivity contribution is -0.113. The van der Waals surface area contributed by atoms with Crippen LogP contribution in [0.4, 0.5) is 5.69 Å². The van der Waals surface area contributed by atoms with Gasteiger partial charge in [-0.1, -0.05) is 60.7 Å². The van der Waals surface area contributed by atoms with E-state index in [2.05, 4.69) is 5.32 Å². The van der Waals surface area contributed by atoms with E-state index in [1.807, 2.05) is 85.8 Å². The molecular formula is C25H22N2O3S. The summed E-state index contributed by atoms with van der Waals surface area (Å²) in [7, 11) is 0. The molecule has 31 heavy (non-hydrogen) atoms. The zero-order valence-electron chi connectivity index (χ0n) is 17.1. The summed E-state index contributed by atoms with van der Waals surface area (Å²) in [6.07, 6.45) is 1.76. The zero-order valence-corrected chi connectivity index (χ0v) is 17.9. The molecule has 1 fully saturated rings. The summed E-state index contributed by atoms with van der Waals surface area (Å²) in [6.45, 7) is 2.83. The maximum atomic E-state index is 13.2. The Kier molecular flexibility index (Phi) is 6.29. The first-order chi connectivity index (χ1) is 15.2. The highest BCUT2D eigenvalue weighted by Gasteiger charge is 2.33. The van der Waals surface area contributed by atoms with Crippen molar-refractivity contribution in [1.82, 2.24) is 5.32 Å². The van der Waals surface area contributed by atoms with Crippen LogP contribution in [0.3, 0.4) is 0 Å². The van der Waals surface area contributed by atoms with Gasteiger partial charge in [0.05, 0.1) is 12.3 Å². The second-order valence-electron chi connectivity index (χ2n) is 6.84. The Morgan fingerprint density at radius 2 is 1.58 bits per heavy atom. The molecule has 1 N–H and O–H groups in total. The Hall–Kier alpha value is -3.64. The normalized spacial score (nSPS) is 14.6. The number of hydrogen-bond acceptors (Lipinski definition) is 4. The third-order valence-corrected chi connectivity index (χ3v) is 5.02.